The Morgan fingerprint density at radius 2 is 1.77 bits per heavy atom. The number of aliphatic imine (C=N–C) groups is 1. The molecule has 0 spiro atoms. The summed E-state index contributed by atoms with van der Waals surface area (Å²) in [6.45, 7) is 5.80. The maximum absolute atomic E-state index is 5.78. The van der Waals surface area contributed by atoms with Gasteiger partial charge in [-0.25, -0.2) is 0 Å². The van der Waals surface area contributed by atoms with Gasteiger partial charge in [0, 0.05) is 12.0 Å². The Morgan fingerprint density at radius 1 is 1.05 bits per heavy atom. The van der Waals surface area contributed by atoms with Crippen molar-refractivity contribution in [3.05, 3.63) is 65.7 Å². The highest BCUT2D eigenvalue weighted by molar-refractivity contribution is 6.08. The number of ether oxygens (including phenoxy) is 1. The molecule has 0 N–H and O–H groups in total. The SMILES string of the molecule is CCOCC1(C)CCc2ccccc2C1=Nc1ccccc1. The van der Waals surface area contributed by atoms with Crippen LogP contribution in [0.2, 0.25) is 0 Å². The van der Waals surface area contributed by atoms with E-state index >= 15 is 0 Å². The Labute approximate surface area is 132 Å². The number of hydrogen-bond acceptors (Lipinski definition) is 2. The molecule has 0 bridgehead atoms. The third-order valence-corrected chi connectivity index (χ3v) is 4.41. The summed E-state index contributed by atoms with van der Waals surface area (Å²) in [4.78, 5) is 5.00. The van der Waals surface area contributed by atoms with Crippen molar-refractivity contribution in [3.63, 3.8) is 0 Å². The van der Waals surface area contributed by atoms with Gasteiger partial charge in [0.1, 0.15) is 0 Å². The van der Waals surface area contributed by atoms with Gasteiger partial charge in [0.05, 0.1) is 18.0 Å². The van der Waals surface area contributed by atoms with Crippen molar-refractivity contribution in [1.82, 2.24) is 0 Å². The highest BCUT2D eigenvalue weighted by Crippen LogP contribution is 2.37. The standard InChI is InChI=1S/C20H23NO/c1-3-22-15-20(2)14-13-16-9-7-8-12-18(16)19(20)21-17-10-5-4-6-11-17/h4-12H,3,13-15H2,1-2H3. The van der Waals surface area contributed by atoms with Crippen molar-refractivity contribution in [1.29, 1.82) is 0 Å². The maximum Gasteiger partial charge on any atom is 0.0633 e. The van der Waals surface area contributed by atoms with E-state index in [2.05, 4.69) is 43.3 Å². The van der Waals surface area contributed by atoms with Gasteiger partial charge in [0.15, 0.2) is 0 Å². The number of para-hydroxylation sites is 1. The summed E-state index contributed by atoms with van der Waals surface area (Å²) in [7, 11) is 0. The Bertz CT molecular complexity index is 662. The molecule has 1 aliphatic rings. The van der Waals surface area contributed by atoms with Crippen LogP contribution in [0, 0.1) is 5.41 Å². The van der Waals surface area contributed by atoms with Crippen LogP contribution < -0.4 is 0 Å². The lowest BCUT2D eigenvalue weighted by Gasteiger charge is -2.36. The second-order valence-corrected chi connectivity index (χ2v) is 6.15. The first-order valence-corrected chi connectivity index (χ1v) is 8.03. The first kappa shape index (κ1) is 15.0. The van der Waals surface area contributed by atoms with Gasteiger partial charge in [-0.3, -0.25) is 4.99 Å². The number of hydrogen-bond donors (Lipinski definition) is 0. The Morgan fingerprint density at radius 3 is 2.55 bits per heavy atom. The molecule has 3 rings (SSSR count). The third kappa shape index (κ3) is 2.97. The average molecular weight is 293 g/mol. The summed E-state index contributed by atoms with van der Waals surface area (Å²) in [5, 5.41) is 0. The number of rotatable bonds is 4. The van der Waals surface area contributed by atoms with E-state index in [0.29, 0.717) is 0 Å². The van der Waals surface area contributed by atoms with Gasteiger partial charge in [-0.1, -0.05) is 49.4 Å². The number of aryl methyl sites for hydroxylation is 1. The molecule has 0 aromatic heterocycles. The predicted molar refractivity (Wildman–Crippen MR) is 92.0 cm³/mol. The van der Waals surface area contributed by atoms with E-state index in [-0.39, 0.29) is 5.41 Å². The molecule has 0 saturated heterocycles. The van der Waals surface area contributed by atoms with Crippen molar-refractivity contribution in [2.75, 3.05) is 13.2 Å². The lowest BCUT2D eigenvalue weighted by molar-refractivity contribution is 0.0893. The molecule has 0 aliphatic heterocycles. The molecule has 0 fully saturated rings. The summed E-state index contributed by atoms with van der Waals surface area (Å²) in [5.41, 5.74) is 4.82. The van der Waals surface area contributed by atoms with E-state index in [4.69, 9.17) is 9.73 Å². The fraction of sp³-hybridized carbons (Fsp3) is 0.350. The van der Waals surface area contributed by atoms with Crippen LogP contribution in [-0.4, -0.2) is 18.9 Å². The molecule has 0 heterocycles. The minimum absolute atomic E-state index is 0.0276. The average Bonchev–Trinajstić information content (AvgIpc) is 2.57. The molecule has 22 heavy (non-hydrogen) atoms. The molecule has 0 radical (unpaired) electrons. The topological polar surface area (TPSA) is 21.6 Å². The quantitative estimate of drug-likeness (QED) is 0.793. The molecule has 2 aromatic rings. The molecule has 1 unspecified atom stereocenters. The number of nitrogens with zero attached hydrogens (tertiary/aromatic N) is 1. The Kier molecular flexibility index (Phi) is 4.39. The molecule has 2 aromatic carbocycles. The second-order valence-electron chi connectivity index (χ2n) is 6.15. The largest absolute Gasteiger partial charge is 0.381 e. The van der Waals surface area contributed by atoms with Crippen molar-refractivity contribution in [2.24, 2.45) is 10.4 Å². The summed E-state index contributed by atoms with van der Waals surface area (Å²) in [6, 6.07) is 18.9. The molecular formula is C20H23NO. The molecule has 2 nitrogen and oxygen atoms in total. The summed E-state index contributed by atoms with van der Waals surface area (Å²) < 4.78 is 5.78. The van der Waals surface area contributed by atoms with E-state index in [1.807, 2.05) is 25.1 Å². The van der Waals surface area contributed by atoms with E-state index in [1.165, 1.54) is 11.1 Å². The van der Waals surface area contributed by atoms with E-state index in [1.54, 1.807) is 0 Å². The normalized spacial score (nSPS) is 22.5. The van der Waals surface area contributed by atoms with Crippen LogP contribution in [-0.2, 0) is 11.2 Å². The predicted octanol–water partition coefficient (Wildman–Crippen LogP) is 4.80. The zero-order valence-electron chi connectivity index (χ0n) is 13.4. The van der Waals surface area contributed by atoms with Gasteiger partial charge in [0.25, 0.3) is 0 Å². The fourth-order valence-electron chi connectivity index (χ4n) is 3.12. The maximum atomic E-state index is 5.78. The number of benzene rings is 2. The minimum Gasteiger partial charge on any atom is -0.381 e. The first-order valence-electron chi connectivity index (χ1n) is 8.03. The van der Waals surface area contributed by atoms with Crippen molar-refractivity contribution in [2.45, 2.75) is 26.7 Å². The molecule has 2 heteroatoms. The van der Waals surface area contributed by atoms with Crippen LogP contribution in [0.5, 0.6) is 0 Å². The monoisotopic (exact) mass is 293 g/mol. The second kappa shape index (κ2) is 6.45. The van der Waals surface area contributed by atoms with Gasteiger partial charge < -0.3 is 4.74 Å². The summed E-state index contributed by atoms with van der Waals surface area (Å²) in [5.74, 6) is 0. The van der Waals surface area contributed by atoms with E-state index in [9.17, 15) is 0 Å². The van der Waals surface area contributed by atoms with Crippen LogP contribution >= 0.6 is 0 Å². The Hall–Kier alpha value is -1.93. The van der Waals surface area contributed by atoms with Crippen LogP contribution in [0.4, 0.5) is 5.69 Å². The zero-order valence-corrected chi connectivity index (χ0v) is 13.4. The smallest absolute Gasteiger partial charge is 0.0633 e. The van der Waals surface area contributed by atoms with Crippen LogP contribution in [0.25, 0.3) is 0 Å². The first-order chi connectivity index (χ1) is 10.7. The van der Waals surface area contributed by atoms with Crippen LogP contribution in [0.3, 0.4) is 0 Å². The zero-order chi connectivity index (χ0) is 15.4. The van der Waals surface area contributed by atoms with Gasteiger partial charge in [0.2, 0.25) is 0 Å². The van der Waals surface area contributed by atoms with Crippen molar-refractivity contribution < 1.29 is 4.74 Å². The highest BCUT2D eigenvalue weighted by atomic mass is 16.5. The third-order valence-electron chi connectivity index (χ3n) is 4.41. The van der Waals surface area contributed by atoms with Gasteiger partial charge in [-0.05, 0) is 43.0 Å². The molecule has 0 saturated carbocycles. The molecule has 114 valence electrons. The van der Waals surface area contributed by atoms with Crippen molar-refractivity contribution >= 4 is 11.4 Å². The van der Waals surface area contributed by atoms with E-state index in [0.717, 1.165) is 37.5 Å². The molecule has 1 atom stereocenters. The Balaban J connectivity index is 2.08. The van der Waals surface area contributed by atoms with Gasteiger partial charge >= 0.3 is 0 Å². The van der Waals surface area contributed by atoms with Crippen LogP contribution in [0.1, 0.15) is 31.4 Å². The van der Waals surface area contributed by atoms with Crippen molar-refractivity contribution in [3.8, 4) is 0 Å². The number of fused-ring (bicyclic) bond motifs is 1. The minimum atomic E-state index is -0.0276. The molecular weight excluding hydrogens is 270 g/mol. The molecule has 0 amide bonds. The fourth-order valence-corrected chi connectivity index (χ4v) is 3.12. The summed E-state index contributed by atoms with van der Waals surface area (Å²) in [6.07, 6.45) is 2.17. The lowest BCUT2D eigenvalue weighted by Crippen LogP contribution is -2.38. The highest BCUT2D eigenvalue weighted by Gasteiger charge is 2.36. The van der Waals surface area contributed by atoms with Crippen LogP contribution in [0.15, 0.2) is 59.6 Å². The molecule has 1 aliphatic carbocycles. The summed E-state index contributed by atoms with van der Waals surface area (Å²) >= 11 is 0. The lowest BCUT2D eigenvalue weighted by atomic mass is 9.71. The van der Waals surface area contributed by atoms with Gasteiger partial charge in [-0.15, -0.1) is 0 Å². The van der Waals surface area contributed by atoms with E-state index < -0.39 is 0 Å². The van der Waals surface area contributed by atoms with Gasteiger partial charge in [-0.2, -0.15) is 0 Å².